The molecular weight excluding hydrogens is 310 g/mol. The van der Waals surface area contributed by atoms with Gasteiger partial charge in [0.2, 0.25) is 0 Å². The number of hydrogen-bond acceptors (Lipinski definition) is 1. The minimum Gasteiger partial charge on any atom is -0.306 e. The van der Waals surface area contributed by atoms with Gasteiger partial charge in [0.1, 0.15) is 0 Å². The van der Waals surface area contributed by atoms with E-state index in [0.717, 1.165) is 13.0 Å². The first kappa shape index (κ1) is 15.3. The second-order valence-electron chi connectivity index (χ2n) is 5.31. The molecule has 1 N–H and O–H groups in total. The van der Waals surface area contributed by atoms with Crippen molar-refractivity contribution < 1.29 is 0 Å². The summed E-state index contributed by atoms with van der Waals surface area (Å²) in [5.41, 5.74) is 5.19. The maximum absolute atomic E-state index is 3.65. The summed E-state index contributed by atoms with van der Waals surface area (Å²) >= 11 is 3.64. The van der Waals surface area contributed by atoms with Crippen LogP contribution >= 0.6 is 15.9 Å². The van der Waals surface area contributed by atoms with E-state index in [-0.39, 0.29) is 6.04 Å². The zero-order chi connectivity index (χ0) is 14.5. The van der Waals surface area contributed by atoms with E-state index in [0.29, 0.717) is 0 Å². The third kappa shape index (κ3) is 3.71. The molecule has 0 aliphatic carbocycles. The van der Waals surface area contributed by atoms with Crippen LogP contribution in [0.25, 0.3) is 0 Å². The molecule has 0 saturated carbocycles. The molecule has 1 unspecified atom stereocenters. The van der Waals surface area contributed by atoms with Gasteiger partial charge in [-0.25, -0.2) is 0 Å². The summed E-state index contributed by atoms with van der Waals surface area (Å²) in [4.78, 5) is 0. The Bertz CT molecular complexity index is 560. The topological polar surface area (TPSA) is 12.0 Å². The van der Waals surface area contributed by atoms with Gasteiger partial charge in [0, 0.05) is 4.47 Å². The summed E-state index contributed by atoms with van der Waals surface area (Å²) in [6, 6.07) is 15.7. The van der Waals surface area contributed by atoms with Crippen LogP contribution in [0.15, 0.2) is 46.9 Å². The molecule has 0 aliphatic heterocycles. The highest BCUT2D eigenvalue weighted by atomic mass is 79.9. The van der Waals surface area contributed by atoms with Gasteiger partial charge in [-0.15, -0.1) is 0 Å². The second kappa shape index (κ2) is 7.05. The van der Waals surface area contributed by atoms with E-state index in [1.54, 1.807) is 0 Å². The number of halogens is 1. The van der Waals surface area contributed by atoms with Crippen molar-refractivity contribution in [3.8, 4) is 0 Å². The molecule has 2 aromatic rings. The summed E-state index contributed by atoms with van der Waals surface area (Å²) < 4.78 is 1.17. The molecule has 0 fully saturated rings. The summed E-state index contributed by atoms with van der Waals surface area (Å²) in [7, 11) is 0. The van der Waals surface area contributed by atoms with Crippen LogP contribution in [-0.2, 0) is 0 Å². The molecule has 0 bridgehead atoms. The smallest absolute Gasteiger partial charge is 0.0577 e. The van der Waals surface area contributed by atoms with Crippen molar-refractivity contribution in [1.29, 1.82) is 0 Å². The first-order valence-electron chi connectivity index (χ1n) is 7.18. The van der Waals surface area contributed by atoms with Crippen LogP contribution in [0.4, 0.5) is 0 Å². The summed E-state index contributed by atoms with van der Waals surface area (Å²) in [5, 5.41) is 3.65. The Labute approximate surface area is 130 Å². The van der Waals surface area contributed by atoms with E-state index in [9.17, 15) is 0 Å². The van der Waals surface area contributed by atoms with Gasteiger partial charge in [-0.1, -0.05) is 64.8 Å². The Morgan fingerprint density at radius 3 is 2.25 bits per heavy atom. The average molecular weight is 332 g/mol. The van der Waals surface area contributed by atoms with E-state index in [2.05, 4.69) is 84.5 Å². The highest BCUT2D eigenvalue weighted by Gasteiger charge is 2.13. The van der Waals surface area contributed by atoms with E-state index in [4.69, 9.17) is 0 Å². The predicted molar refractivity (Wildman–Crippen MR) is 90.2 cm³/mol. The fourth-order valence-electron chi connectivity index (χ4n) is 2.26. The molecule has 2 aromatic carbocycles. The molecule has 0 aromatic heterocycles. The number of nitrogens with one attached hydrogen (secondary N) is 1. The lowest BCUT2D eigenvalue weighted by Gasteiger charge is -2.20. The van der Waals surface area contributed by atoms with Gasteiger partial charge in [-0.2, -0.15) is 0 Å². The van der Waals surface area contributed by atoms with Crippen molar-refractivity contribution in [2.45, 2.75) is 33.2 Å². The Hall–Kier alpha value is -1.12. The van der Waals surface area contributed by atoms with Crippen LogP contribution in [0.2, 0.25) is 0 Å². The molecule has 0 amide bonds. The molecule has 0 spiro atoms. The van der Waals surface area contributed by atoms with Gasteiger partial charge in [0.25, 0.3) is 0 Å². The molecule has 0 saturated heterocycles. The first-order chi connectivity index (χ1) is 9.61. The third-order valence-corrected chi connectivity index (χ3v) is 4.39. The largest absolute Gasteiger partial charge is 0.306 e. The molecule has 0 aliphatic rings. The maximum Gasteiger partial charge on any atom is 0.0577 e. The highest BCUT2D eigenvalue weighted by molar-refractivity contribution is 9.10. The Balaban J connectivity index is 2.35. The number of hydrogen-bond donors (Lipinski definition) is 1. The van der Waals surface area contributed by atoms with Gasteiger partial charge >= 0.3 is 0 Å². The van der Waals surface area contributed by atoms with Gasteiger partial charge in [-0.3, -0.25) is 0 Å². The normalized spacial score (nSPS) is 12.4. The van der Waals surface area contributed by atoms with Gasteiger partial charge in [0.15, 0.2) is 0 Å². The van der Waals surface area contributed by atoms with Crippen molar-refractivity contribution in [2.75, 3.05) is 6.54 Å². The van der Waals surface area contributed by atoms with Crippen LogP contribution in [0.3, 0.4) is 0 Å². The monoisotopic (exact) mass is 331 g/mol. The van der Waals surface area contributed by atoms with Crippen LogP contribution in [0.5, 0.6) is 0 Å². The minimum atomic E-state index is 0.257. The van der Waals surface area contributed by atoms with Crippen LogP contribution in [-0.4, -0.2) is 6.54 Å². The highest BCUT2D eigenvalue weighted by Crippen LogP contribution is 2.26. The summed E-state index contributed by atoms with van der Waals surface area (Å²) in [6.07, 6.45) is 1.13. The zero-order valence-corrected chi connectivity index (χ0v) is 14.0. The average Bonchev–Trinajstić information content (AvgIpc) is 2.45. The van der Waals surface area contributed by atoms with E-state index >= 15 is 0 Å². The SMILES string of the molecule is CCCNC(c1ccc(C)cc1)c1ccc(C)c(Br)c1. The Morgan fingerprint density at radius 1 is 1.00 bits per heavy atom. The lowest BCUT2D eigenvalue weighted by Crippen LogP contribution is -2.23. The van der Waals surface area contributed by atoms with Gasteiger partial charge in [0.05, 0.1) is 6.04 Å². The van der Waals surface area contributed by atoms with E-state index < -0.39 is 0 Å². The molecule has 106 valence electrons. The van der Waals surface area contributed by atoms with Crippen molar-refractivity contribution in [2.24, 2.45) is 0 Å². The lowest BCUT2D eigenvalue weighted by atomic mass is 9.97. The van der Waals surface area contributed by atoms with E-state index in [1.165, 1.54) is 26.7 Å². The molecular formula is C18H22BrN. The van der Waals surface area contributed by atoms with Crippen molar-refractivity contribution in [3.05, 3.63) is 69.2 Å². The molecule has 2 heteroatoms. The molecule has 0 heterocycles. The number of rotatable bonds is 5. The zero-order valence-electron chi connectivity index (χ0n) is 12.4. The second-order valence-corrected chi connectivity index (χ2v) is 6.16. The molecule has 1 nitrogen and oxygen atoms in total. The molecule has 20 heavy (non-hydrogen) atoms. The maximum atomic E-state index is 3.65. The molecule has 1 atom stereocenters. The molecule has 2 rings (SSSR count). The quantitative estimate of drug-likeness (QED) is 0.798. The van der Waals surface area contributed by atoms with Crippen molar-refractivity contribution >= 4 is 15.9 Å². The fourth-order valence-corrected chi connectivity index (χ4v) is 2.66. The molecule has 0 radical (unpaired) electrons. The summed E-state index contributed by atoms with van der Waals surface area (Å²) in [5.74, 6) is 0. The van der Waals surface area contributed by atoms with Gasteiger partial charge < -0.3 is 5.32 Å². The Morgan fingerprint density at radius 2 is 1.65 bits per heavy atom. The first-order valence-corrected chi connectivity index (χ1v) is 7.97. The minimum absolute atomic E-state index is 0.257. The van der Waals surface area contributed by atoms with Crippen LogP contribution in [0.1, 0.15) is 41.6 Å². The summed E-state index contributed by atoms with van der Waals surface area (Å²) in [6.45, 7) is 7.46. The van der Waals surface area contributed by atoms with Crippen molar-refractivity contribution in [1.82, 2.24) is 5.32 Å². The van der Waals surface area contributed by atoms with Crippen LogP contribution < -0.4 is 5.32 Å². The van der Waals surface area contributed by atoms with Crippen molar-refractivity contribution in [3.63, 3.8) is 0 Å². The lowest BCUT2D eigenvalue weighted by molar-refractivity contribution is 0.598. The predicted octanol–water partition coefficient (Wildman–Crippen LogP) is 5.15. The third-order valence-electron chi connectivity index (χ3n) is 3.54. The fraction of sp³-hybridized carbons (Fsp3) is 0.333. The Kier molecular flexibility index (Phi) is 5.38. The van der Waals surface area contributed by atoms with Gasteiger partial charge in [-0.05, 0) is 49.6 Å². The standard InChI is InChI=1S/C18H22BrN/c1-4-11-20-18(15-8-5-13(2)6-9-15)16-10-7-14(3)17(19)12-16/h5-10,12,18,20H,4,11H2,1-3H3. The van der Waals surface area contributed by atoms with E-state index in [1.807, 2.05) is 0 Å². The number of aryl methyl sites for hydroxylation is 2. The van der Waals surface area contributed by atoms with Crippen LogP contribution in [0, 0.1) is 13.8 Å². The number of benzene rings is 2.